The van der Waals surface area contributed by atoms with Crippen LogP contribution in [-0.2, 0) is 17.2 Å². The van der Waals surface area contributed by atoms with E-state index in [0.29, 0.717) is 16.4 Å². The van der Waals surface area contributed by atoms with Crippen molar-refractivity contribution in [3.63, 3.8) is 0 Å². The Bertz CT molecular complexity index is 610. The Labute approximate surface area is 128 Å². The normalized spacial score (nSPS) is 13.7. The second-order valence-corrected chi connectivity index (χ2v) is 6.33. The molecule has 3 nitrogen and oxygen atoms in total. The van der Waals surface area contributed by atoms with Crippen molar-refractivity contribution < 1.29 is 8.95 Å². The van der Waals surface area contributed by atoms with Crippen molar-refractivity contribution in [3.05, 3.63) is 59.7 Å². The van der Waals surface area contributed by atoms with E-state index in [-0.39, 0.29) is 6.04 Å². The molecule has 2 rings (SSSR count). The van der Waals surface area contributed by atoms with Gasteiger partial charge in [-0.05, 0) is 29.7 Å². The van der Waals surface area contributed by atoms with Crippen LogP contribution in [0.5, 0.6) is 5.75 Å². The molecule has 0 fully saturated rings. The Morgan fingerprint density at radius 3 is 2.43 bits per heavy atom. The standard InChI is InChI=1S/C17H21NO2S/c1-3-13-8-10-14(11-9-13)15(18)12-21(19)17-7-5-4-6-16(17)20-2/h4-11,15H,3,12,18H2,1-2H3. The first-order valence-electron chi connectivity index (χ1n) is 7.01. The van der Waals surface area contributed by atoms with Crippen molar-refractivity contribution in [1.29, 1.82) is 0 Å². The predicted octanol–water partition coefficient (Wildman–Crippen LogP) is 3.07. The van der Waals surface area contributed by atoms with Crippen LogP contribution in [0.15, 0.2) is 53.4 Å². The number of nitrogens with two attached hydrogens (primary N) is 1. The molecular formula is C17H21NO2S. The first-order valence-corrected chi connectivity index (χ1v) is 8.33. The molecule has 2 aromatic rings. The lowest BCUT2D eigenvalue weighted by Crippen LogP contribution is -2.18. The Kier molecular flexibility index (Phi) is 5.53. The molecule has 21 heavy (non-hydrogen) atoms. The van der Waals surface area contributed by atoms with Gasteiger partial charge in [-0.3, -0.25) is 4.21 Å². The molecule has 0 bridgehead atoms. The fourth-order valence-electron chi connectivity index (χ4n) is 2.16. The van der Waals surface area contributed by atoms with E-state index in [4.69, 9.17) is 10.5 Å². The van der Waals surface area contributed by atoms with Crippen LogP contribution < -0.4 is 10.5 Å². The van der Waals surface area contributed by atoms with E-state index >= 15 is 0 Å². The van der Waals surface area contributed by atoms with Crippen LogP contribution in [0.2, 0.25) is 0 Å². The molecule has 2 N–H and O–H groups in total. The fourth-order valence-corrected chi connectivity index (χ4v) is 3.46. The van der Waals surface area contributed by atoms with Gasteiger partial charge in [0.25, 0.3) is 0 Å². The Morgan fingerprint density at radius 1 is 1.14 bits per heavy atom. The summed E-state index contributed by atoms with van der Waals surface area (Å²) in [5.41, 5.74) is 8.47. The van der Waals surface area contributed by atoms with Crippen molar-refractivity contribution in [2.45, 2.75) is 24.3 Å². The first kappa shape index (κ1) is 15.7. The third-order valence-corrected chi connectivity index (χ3v) is 4.95. The zero-order chi connectivity index (χ0) is 15.2. The van der Waals surface area contributed by atoms with Crippen molar-refractivity contribution in [2.24, 2.45) is 5.73 Å². The minimum atomic E-state index is -1.18. The van der Waals surface area contributed by atoms with Crippen LogP contribution in [0.1, 0.15) is 24.1 Å². The maximum absolute atomic E-state index is 12.5. The molecule has 0 aliphatic carbocycles. The summed E-state index contributed by atoms with van der Waals surface area (Å²) in [7, 11) is 0.400. The highest BCUT2D eigenvalue weighted by Crippen LogP contribution is 2.24. The van der Waals surface area contributed by atoms with Gasteiger partial charge in [0.15, 0.2) is 0 Å². The molecule has 112 valence electrons. The van der Waals surface area contributed by atoms with Gasteiger partial charge in [0, 0.05) is 11.8 Å². The van der Waals surface area contributed by atoms with E-state index < -0.39 is 10.8 Å². The van der Waals surface area contributed by atoms with Crippen molar-refractivity contribution >= 4 is 10.8 Å². The predicted molar refractivity (Wildman–Crippen MR) is 87.0 cm³/mol. The summed E-state index contributed by atoms with van der Waals surface area (Å²) in [4.78, 5) is 0.695. The molecule has 0 spiro atoms. The lowest BCUT2D eigenvalue weighted by molar-refractivity contribution is 0.404. The number of methoxy groups -OCH3 is 1. The highest BCUT2D eigenvalue weighted by atomic mass is 32.2. The average Bonchev–Trinajstić information content (AvgIpc) is 2.54. The number of aryl methyl sites for hydroxylation is 1. The number of para-hydroxylation sites is 1. The Hall–Kier alpha value is -1.65. The number of hydrogen-bond donors (Lipinski definition) is 1. The number of hydrogen-bond acceptors (Lipinski definition) is 3. The van der Waals surface area contributed by atoms with Gasteiger partial charge in [-0.1, -0.05) is 43.3 Å². The molecule has 0 saturated carbocycles. The monoisotopic (exact) mass is 303 g/mol. The Morgan fingerprint density at radius 2 is 1.81 bits per heavy atom. The van der Waals surface area contributed by atoms with Crippen molar-refractivity contribution in [2.75, 3.05) is 12.9 Å². The Balaban J connectivity index is 2.11. The van der Waals surface area contributed by atoms with Crippen LogP contribution in [0, 0.1) is 0 Å². The first-order chi connectivity index (χ1) is 10.2. The van der Waals surface area contributed by atoms with Gasteiger partial charge in [-0.2, -0.15) is 0 Å². The number of ether oxygens (including phenoxy) is 1. The second-order valence-electron chi connectivity index (χ2n) is 4.86. The SMILES string of the molecule is CCc1ccc(C(N)CS(=O)c2ccccc2OC)cc1. The third-order valence-electron chi connectivity index (χ3n) is 3.46. The maximum atomic E-state index is 12.5. The molecule has 2 atom stereocenters. The van der Waals surface area contributed by atoms with Gasteiger partial charge in [-0.25, -0.2) is 0 Å². The molecule has 2 aromatic carbocycles. The van der Waals surface area contributed by atoms with Crippen LogP contribution >= 0.6 is 0 Å². The highest BCUT2D eigenvalue weighted by molar-refractivity contribution is 7.85. The van der Waals surface area contributed by atoms with E-state index in [2.05, 4.69) is 19.1 Å². The minimum absolute atomic E-state index is 0.248. The molecule has 0 saturated heterocycles. The summed E-state index contributed by atoms with van der Waals surface area (Å²) in [6.45, 7) is 2.12. The number of rotatable bonds is 6. The van der Waals surface area contributed by atoms with Gasteiger partial charge in [0.05, 0.1) is 22.8 Å². The molecule has 0 aromatic heterocycles. The fraction of sp³-hybridized carbons (Fsp3) is 0.294. The maximum Gasteiger partial charge on any atom is 0.134 e. The quantitative estimate of drug-likeness (QED) is 0.892. The average molecular weight is 303 g/mol. The molecular weight excluding hydrogens is 282 g/mol. The lowest BCUT2D eigenvalue weighted by atomic mass is 10.1. The van der Waals surface area contributed by atoms with E-state index in [1.807, 2.05) is 36.4 Å². The van der Waals surface area contributed by atoms with Crippen molar-refractivity contribution in [3.8, 4) is 5.75 Å². The van der Waals surface area contributed by atoms with E-state index in [9.17, 15) is 4.21 Å². The zero-order valence-corrected chi connectivity index (χ0v) is 13.2. The lowest BCUT2D eigenvalue weighted by Gasteiger charge is -2.14. The summed E-state index contributed by atoms with van der Waals surface area (Å²) in [5, 5.41) is 0. The topological polar surface area (TPSA) is 52.3 Å². The molecule has 2 unspecified atom stereocenters. The van der Waals surface area contributed by atoms with E-state index in [1.54, 1.807) is 7.11 Å². The van der Waals surface area contributed by atoms with Gasteiger partial charge in [0.2, 0.25) is 0 Å². The summed E-state index contributed by atoms with van der Waals surface area (Å²) in [6.07, 6.45) is 1.00. The van der Waals surface area contributed by atoms with E-state index in [0.717, 1.165) is 12.0 Å². The molecule has 0 heterocycles. The van der Waals surface area contributed by atoms with Gasteiger partial charge in [0.1, 0.15) is 5.75 Å². The van der Waals surface area contributed by atoms with Crippen LogP contribution in [0.3, 0.4) is 0 Å². The summed E-state index contributed by atoms with van der Waals surface area (Å²) in [5.74, 6) is 1.02. The highest BCUT2D eigenvalue weighted by Gasteiger charge is 2.15. The largest absolute Gasteiger partial charge is 0.495 e. The molecule has 0 radical (unpaired) electrons. The van der Waals surface area contributed by atoms with Crippen LogP contribution in [0.4, 0.5) is 0 Å². The van der Waals surface area contributed by atoms with Crippen LogP contribution in [-0.4, -0.2) is 17.1 Å². The molecule has 4 heteroatoms. The smallest absolute Gasteiger partial charge is 0.134 e. The molecule has 0 aliphatic rings. The molecule has 0 aliphatic heterocycles. The third kappa shape index (κ3) is 3.93. The van der Waals surface area contributed by atoms with Gasteiger partial charge < -0.3 is 10.5 Å². The summed E-state index contributed by atoms with van der Waals surface area (Å²) in [6, 6.07) is 15.3. The zero-order valence-electron chi connectivity index (χ0n) is 12.4. The molecule has 0 amide bonds. The van der Waals surface area contributed by atoms with Crippen LogP contribution in [0.25, 0.3) is 0 Å². The van der Waals surface area contributed by atoms with Crippen molar-refractivity contribution in [1.82, 2.24) is 0 Å². The number of benzene rings is 2. The second kappa shape index (κ2) is 7.38. The van der Waals surface area contributed by atoms with Gasteiger partial charge >= 0.3 is 0 Å². The summed E-state index contributed by atoms with van der Waals surface area (Å²) >= 11 is 0. The summed E-state index contributed by atoms with van der Waals surface area (Å²) < 4.78 is 17.7. The van der Waals surface area contributed by atoms with Gasteiger partial charge in [-0.15, -0.1) is 0 Å². The minimum Gasteiger partial charge on any atom is -0.495 e. The van der Waals surface area contributed by atoms with E-state index in [1.165, 1.54) is 5.56 Å².